The van der Waals surface area contributed by atoms with Crippen molar-refractivity contribution in [1.82, 2.24) is 25.4 Å². The van der Waals surface area contributed by atoms with Crippen molar-refractivity contribution in [2.45, 2.75) is 76.7 Å². The number of hydrogen-bond donors (Lipinski definition) is 2. The number of rotatable bonds is 9. The maximum atomic E-state index is 12.9. The second-order valence-electron chi connectivity index (χ2n) is 8.60. The van der Waals surface area contributed by atoms with Gasteiger partial charge in [0.1, 0.15) is 0 Å². The fourth-order valence-electron chi connectivity index (χ4n) is 3.97. The highest BCUT2D eigenvalue weighted by atomic mass is 35.5. The Balaban J connectivity index is 1.68. The van der Waals surface area contributed by atoms with Gasteiger partial charge in [-0.1, -0.05) is 68.1 Å². The summed E-state index contributed by atoms with van der Waals surface area (Å²) in [5, 5.41) is 16.3. The number of halogens is 2. The van der Waals surface area contributed by atoms with Gasteiger partial charge in [-0.3, -0.25) is 9.59 Å². The number of carbonyl (C=O) groups excluding carboxylic acids is 2. The summed E-state index contributed by atoms with van der Waals surface area (Å²) < 4.78 is 1.96. The van der Waals surface area contributed by atoms with E-state index in [2.05, 4.69) is 20.8 Å². The van der Waals surface area contributed by atoms with Crippen LogP contribution in [-0.4, -0.2) is 38.4 Å². The number of carbonyl (C=O) groups is 2. The Morgan fingerprint density at radius 1 is 1.15 bits per heavy atom. The summed E-state index contributed by atoms with van der Waals surface area (Å²) >= 11 is 13.4. The average molecular weight is 513 g/mol. The van der Waals surface area contributed by atoms with E-state index in [1.165, 1.54) is 31.0 Å². The van der Waals surface area contributed by atoms with Gasteiger partial charge in [0.05, 0.1) is 21.8 Å². The minimum atomic E-state index is -0.357. The first kappa shape index (κ1) is 25.8. The van der Waals surface area contributed by atoms with Gasteiger partial charge in [-0.15, -0.1) is 10.2 Å². The van der Waals surface area contributed by atoms with Gasteiger partial charge in [0.15, 0.2) is 11.0 Å². The van der Waals surface area contributed by atoms with Gasteiger partial charge >= 0.3 is 0 Å². The van der Waals surface area contributed by atoms with Crippen molar-refractivity contribution in [2.24, 2.45) is 5.92 Å². The van der Waals surface area contributed by atoms with E-state index in [9.17, 15) is 9.59 Å². The summed E-state index contributed by atoms with van der Waals surface area (Å²) in [6.45, 7) is 6.65. The fourth-order valence-corrected chi connectivity index (χ4v) is 5.09. The molecule has 0 spiro atoms. The topological polar surface area (TPSA) is 88.9 Å². The zero-order chi connectivity index (χ0) is 24.0. The summed E-state index contributed by atoms with van der Waals surface area (Å²) in [6, 6.07) is 4.72. The van der Waals surface area contributed by atoms with E-state index in [0.717, 1.165) is 12.8 Å². The van der Waals surface area contributed by atoms with Crippen molar-refractivity contribution < 1.29 is 9.59 Å². The Kier molecular flexibility index (Phi) is 9.47. The molecule has 33 heavy (non-hydrogen) atoms. The number of thioether (sulfide) groups is 1. The monoisotopic (exact) mass is 511 g/mol. The highest BCUT2D eigenvalue weighted by Gasteiger charge is 2.26. The van der Waals surface area contributed by atoms with E-state index in [1.54, 1.807) is 18.2 Å². The first-order valence-corrected chi connectivity index (χ1v) is 13.2. The minimum absolute atomic E-state index is 0.0208. The highest BCUT2D eigenvalue weighted by Crippen LogP contribution is 2.27. The molecule has 2 N–H and O–H groups in total. The lowest BCUT2D eigenvalue weighted by atomic mass is 9.95. The fraction of sp³-hybridized carbons (Fsp3) is 0.565. The van der Waals surface area contributed by atoms with E-state index >= 15 is 0 Å². The van der Waals surface area contributed by atoms with E-state index in [4.69, 9.17) is 23.2 Å². The van der Waals surface area contributed by atoms with E-state index in [-0.39, 0.29) is 35.6 Å². The zero-order valence-corrected chi connectivity index (χ0v) is 21.6. The summed E-state index contributed by atoms with van der Waals surface area (Å²) in [5.74, 6) is 0.776. The van der Waals surface area contributed by atoms with Crippen molar-refractivity contribution in [3.05, 3.63) is 39.6 Å². The van der Waals surface area contributed by atoms with Crippen molar-refractivity contribution in [3.8, 4) is 0 Å². The maximum Gasteiger partial charge on any atom is 0.251 e. The normalized spacial score (nSPS) is 15.5. The van der Waals surface area contributed by atoms with Gasteiger partial charge in [-0.2, -0.15) is 0 Å². The molecule has 3 rings (SSSR count). The highest BCUT2D eigenvalue weighted by molar-refractivity contribution is 7.99. The quantitative estimate of drug-likeness (QED) is 0.447. The Labute approximate surface area is 209 Å². The number of aromatic nitrogens is 3. The molecule has 1 aromatic carbocycles. The molecule has 1 atom stereocenters. The van der Waals surface area contributed by atoms with Crippen LogP contribution in [-0.2, 0) is 11.3 Å². The van der Waals surface area contributed by atoms with Crippen LogP contribution < -0.4 is 10.6 Å². The van der Waals surface area contributed by atoms with Crippen LogP contribution in [0.3, 0.4) is 0 Å². The van der Waals surface area contributed by atoms with E-state index < -0.39 is 0 Å². The Morgan fingerprint density at radius 2 is 1.88 bits per heavy atom. The Bertz CT molecular complexity index is 976. The summed E-state index contributed by atoms with van der Waals surface area (Å²) in [7, 11) is 0. The van der Waals surface area contributed by atoms with Gasteiger partial charge in [-0.25, -0.2) is 0 Å². The molecule has 10 heteroatoms. The molecule has 1 fully saturated rings. The SMILES string of the molecule is CCn1c(SCC(=O)NC2CCCCC2)nnc1[C@H](NC(=O)c1ccc(Cl)c(Cl)c1)C(C)C. The largest absolute Gasteiger partial charge is 0.353 e. The van der Waals surface area contributed by atoms with Gasteiger partial charge in [0, 0.05) is 18.2 Å². The van der Waals surface area contributed by atoms with Crippen LogP contribution in [0.15, 0.2) is 23.4 Å². The van der Waals surface area contributed by atoms with Crippen molar-refractivity contribution in [3.63, 3.8) is 0 Å². The zero-order valence-electron chi connectivity index (χ0n) is 19.2. The predicted molar refractivity (Wildman–Crippen MR) is 133 cm³/mol. The Morgan fingerprint density at radius 3 is 2.52 bits per heavy atom. The van der Waals surface area contributed by atoms with Crippen LogP contribution in [0.25, 0.3) is 0 Å². The number of amides is 2. The lowest BCUT2D eigenvalue weighted by molar-refractivity contribution is -0.119. The number of nitrogens with zero attached hydrogens (tertiary/aromatic N) is 3. The molecule has 1 aliphatic carbocycles. The van der Waals surface area contributed by atoms with Crippen molar-refractivity contribution in [2.75, 3.05) is 5.75 Å². The first-order valence-electron chi connectivity index (χ1n) is 11.4. The van der Waals surface area contributed by atoms with Crippen LogP contribution in [0, 0.1) is 5.92 Å². The molecule has 1 aliphatic rings. The summed E-state index contributed by atoms with van der Waals surface area (Å²) in [5.41, 5.74) is 0.423. The number of benzene rings is 1. The predicted octanol–water partition coefficient (Wildman–Crippen LogP) is 5.27. The van der Waals surface area contributed by atoms with Crippen LogP contribution in [0.5, 0.6) is 0 Å². The van der Waals surface area contributed by atoms with Gasteiger partial charge in [0.2, 0.25) is 5.91 Å². The van der Waals surface area contributed by atoms with Crippen LogP contribution >= 0.6 is 35.0 Å². The lowest BCUT2D eigenvalue weighted by Crippen LogP contribution is -2.37. The molecule has 0 radical (unpaired) electrons. The summed E-state index contributed by atoms with van der Waals surface area (Å²) in [4.78, 5) is 25.3. The first-order chi connectivity index (χ1) is 15.8. The third-order valence-electron chi connectivity index (χ3n) is 5.78. The van der Waals surface area contributed by atoms with E-state index in [1.807, 2.05) is 25.3 Å². The molecule has 0 unspecified atom stereocenters. The van der Waals surface area contributed by atoms with Crippen LogP contribution in [0.4, 0.5) is 0 Å². The second-order valence-corrected chi connectivity index (χ2v) is 10.4. The van der Waals surface area contributed by atoms with Crippen molar-refractivity contribution in [1.29, 1.82) is 0 Å². The molecule has 7 nitrogen and oxygen atoms in total. The van der Waals surface area contributed by atoms with Crippen LogP contribution in [0.2, 0.25) is 10.0 Å². The molecular formula is C23H31Cl2N5O2S. The third kappa shape index (κ3) is 6.87. The molecule has 1 aromatic heterocycles. The van der Waals surface area contributed by atoms with E-state index in [0.29, 0.717) is 33.1 Å². The minimum Gasteiger partial charge on any atom is -0.353 e. The smallest absolute Gasteiger partial charge is 0.251 e. The van der Waals surface area contributed by atoms with Crippen molar-refractivity contribution >= 4 is 46.8 Å². The molecule has 1 saturated carbocycles. The second kappa shape index (κ2) is 12.1. The summed E-state index contributed by atoms with van der Waals surface area (Å²) in [6.07, 6.45) is 5.72. The molecule has 2 amide bonds. The van der Waals surface area contributed by atoms with Gasteiger partial charge in [0.25, 0.3) is 5.91 Å². The molecule has 1 heterocycles. The van der Waals surface area contributed by atoms with Gasteiger partial charge in [-0.05, 0) is 43.9 Å². The molecular weight excluding hydrogens is 481 g/mol. The maximum absolute atomic E-state index is 12.9. The average Bonchev–Trinajstić information content (AvgIpc) is 3.20. The molecule has 0 aliphatic heterocycles. The Hall–Kier alpha value is -1.77. The molecule has 180 valence electrons. The molecule has 0 bridgehead atoms. The molecule has 0 saturated heterocycles. The number of nitrogens with one attached hydrogen (secondary N) is 2. The lowest BCUT2D eigenvalue weighted by Gasteiger charge is -2.23. The molecule has 2 aromatic rings. The van der Waals surface area contributed by atoms with Gasteiger partial charge < -0.3 is 15.2 Å². The number of hydrogen-bond acceptors (Lipinski definition) is 5. The standard InChI is InChI=1S/C23H31Cl2N5O2S/c1-4-30-21(20(14(2)3)27-22(32)15-10-11-17(24)18(25)12-15)28-29-23(30)33-13-19(31)26-16-8-6-5-7-9-16/h10-12,14,16,20H,4-9,13H2,1-3H3,(H,26,31)(H,27,32)/t20-/m1/s1. The third-order valence-corrected chi connectivity index (χ3v) is 7.48. The van der Waals surface area contributed by atoms with Crippen LogP contribution in [0.1, 0.15) is 75.1 Å².